The number of aliphatic hydroxyl groups excluding tert-OH is 1. The van der Waals surface area contributed by atoms with E-state index >= 15 is 0 Å². The number of fused-ring (bicyclic) bond motifs is 1. The van der Waals surface area contributed by atoms with Gasteiger partial charge < -0.3 is 5.11 Å². The molecule has 4 aromatic heterocycles. The van der Waals surface area contributed by atoms with E-state index < -0.39 is 0 Å². The van der Waals surface area contributed by atoms with Crippen LogP contribution in [0.5, 0.6) is 0 Å². The van der Waals surface area contributed by atoms with Gasteiger partial charge in [-0.3, -0.25) is 19.0 Å². The molecule has 0 saturated heterocycles. The molecule has 1 aliphatic carbocycles. The van der Waals surface area contributed by atoms with Gasteiger partial charge in [0.15, 0.2) is 0 Å². The molecule has 8 heteroatoms. The molecule has 0 amide bonds. The molecule has 8 nitrogen and oxygen atoms in total. The first-order valence-corrected chi connectivity index (χ1v) is 10.0. The van der Waals surface area contributed by atoms with Gasteiger partial charge in [-0.2, -0.15) is 5.10 Å². The number of aryl methyl sites for hydroxylation is 1. The molecule has 152 valence electrons. The zero-order valence-corrected chi connectivity index (χ0v) is 16.9. The normalized spacial score (nSPS) is 14.9. The van der Waals surface area contributed by atoms with Crippen molar-refractivity contribution in [3.8, 4) is 22.5 Å². The molecular weight excluding hydrogens is 380 g/mol. The largest absolute Gasteiger partial charge is 0.394 e. The second-order valence-corrected chi connectivity index (χ2v) is 7.89. The lowest BCUT2D eigenvalue weighted by atomic mass is 10.1. The van der Waals surface area contributed by atoms with E-state index in [1.165, 1.54) is 23.7 Å². The van der Waals surface area contributed by atoms with Crippen molar-refractivity contribution in [2.45, 2.75) is 31.7 Å². The Labute approximate surface area is 172 Å². The Hall–Kier alpha value is -3.39. The fourth-order valence-corrected chi connectivity index (χ4v) is 3.62. The molecule has 1 fully saturated rings. The topological polar surface area (TPSA) is 98.7 Å². The minimum atomic E-state index is -0.368. The second kappa shape index (κ2) is 7.14. The Bertz CT molecular complexity index is 1290. The molecule has 0 spiro atoms. The third-order valence-electron chi connectivity index (χ3n) is 5.56. The molecule has 1 atom stereocenters. The first kappa shape index (κ1) is 18.6. The third-order valence-corrected chi connectivity index (χ3v) is 5.56. The van der Waals surface area contributed by atoms with Crippen LogP contribution in [-0.4, -0.2) is 41.0 Å². The van der Waals surface area contributed by atoms with Gasteiger partial charge in [0.05, 0.1) is 36.3 Å². The highest BCUT2D eigenvalue weighted by molar-refractivity contribution is 5.93. The summed E-state index contributed by atoms with van der Waals surface area (Å²) in [6, 6.07) is 5.44. The smallest absolute Gasteiger partial charge is 0.261 e. The van der Waals surface area contributed by atoms with E-state index in [1.54, 1.807) is 23.9 Å². The predicted molar refractivity (Wildman–Crippen MR) is 113 cm³/mol. The summed E-state index contributed by atoms with van der Waals surface area (Å²) in [5.41, 5.74) is 4.29. The van der Waals surface area contributed by atoms with Gasteiger partial charge in [-0.05, 0) is 38.0 Å². The van der Waals surface area contributed by atoms with Crippen LogP contribution in [0.15, 0.2) is 47.9 Å². The van der Waals surface area contributed by atoms with Crippen LogP contribution in [0.1, 0.15) is 37.4 Å². The first-order valence-electron chi connectivity index (χ1n) is 10.0. The molecule has 0 aromatic carbocycles. The number of rotatable bonds is 5. The summed E-state index contributed by atoms with van der Waals surface area (Å²) in [7, 11) is 1.83. The summed E-state index contributed by atoms with van der Waals surface area (Å²) >= 11 is 0. The molecule has 1 aliphatic rings. The van der Waals surface area contributed by atoms with E-state index in [-0.39, 0.29) is 18.2 Å². The average molecular weight is 402 g/mol. The molecule has 4 aromatic rings. The SMILES string of the molecule is CC(CO)n1cnc2c(-c3cnn(C)c3)nc(-c3ccc(C4CC4)nc3)cc2c1=O. The highest BCUT2D eigenvalue weighted by Crippen LogP contribution is 2.39. The Morgan fingerprint density at radius 2 is 2.03 bits per heavy atom. The van der Waals surface area contributed by atoms with Crippen LogP contribution in [0.3, 0.4) is 0 Å². The third kappa shape index (κ3) is 3.19. The van der Waals surface area contributed by atoms with E-state index in [4.69, 9.17) is 4.98 Å². The van der Waals surface area contributed by atoms with Crippen molar-refractivity contribution in [2.24, 2.45) is 7.05 Å². The number of pyridine rings is 2. The monoisotopic (exact) mass is 402 g/mol. The van der Waals surface area contributed by atoms with Crippen LogP contribution < -0.4 is 5.56 Å². The van der Waals surface area contributed by atoms with Crippen molar-refractivity contribution >= 4 is 10.9 Å². The predicted octanol–water partition coefficient (Wildman–Crippen LogP) is 2.68. The van der Waals surface area contributed by atoms with Crippen molar-refractivity contribution in [1.82, 2.24) is 29.3 Å². The summed E-state index contributed by atoms with van der Waals surface area (Å²) in [5, 5.41) is 14.2. The Kier molecular flexibility index (Phi) is 4.43. The van der Waals surface area contributed by atoms with E-state index in [0.29, 0.717) is 28.2 Å². The molecular formula is C22H22N6O2. The summed E-state index contributed by atoms with van der Waals surface area (Å²) in [6.07, 6.45) is 9.24. The molecule has 30 heavy (non-hydrogen) atoms. The zero-order chi connectivity index (χ0) is 20.8. The van der Waals surface area contributed by atoms with Gasteiger partial charge in [-0.15, -0.1) is 0 Å². The number of aromatic nitrogens is 6. The van der Waals surface area contributed by atoms with Crippen molar-refractivity contribution in [1.29, 1.82) is 0 Å². The maximum absolute atomic E-state index is 13.2. The van der Waals surface area contributed by atoms with E-state index in [0.717, 1.165) is 16.8 Å². The Morgan fingerprint density at radius 1 is 1.20 bits per heavy atom. The molecule has 1 saturated carbocycles. The molecule has 5 rings (SSSR count). The standard InChI is InChI=1S/C22H22N6O2/c1-13(11-29)28-12-24-21-17(22(28)30)7-19(26-20(21)16-9-25-27(2)10-16)15-5-6-18(23-8-15)14-3-4-14/h5-10,12-14,29H,3-4,11H2,1-2H3. The van der Waals surface area contributed by atoms with Crippen LogP contribution in [0, 0.1) is 0 Å². The van der Waals surface area contributed by atoms with Crippen molar-refractivity contribution in [2.75, 3.05) is 6.61 Å². The number of hydrogen-bond donors (Lipinski definition) is 1. The van der Waals surface area contributed by atoms with Crippen LogP contribution >= 0.6 is 0 Å². The van der Waals surface area contributed by atoms with Crippen molar-refractivity contribution < 1.29 is 5.11 Å². The molecule has 0 aliphatic heterocycles. The Morgan fingerprint density at radius 3 is 2.67 bits per heavy atom. The van der Waals surface area contributed by atoms with Crippen LogP contribution in [0.2, 0.25) is 0 Å². The minimum Gasteiger partial charge on any atom is -0.394 e. The summed E-state index contributed by atoms with van der Waals surface area (Å²) < 4.78 is 3.14. The lowest BCUT2D eigenvalue weighted by Gasteiger charge is -2.14. The van der Waals surface area contributed by atoms with E-state index in [2.05, 4.69) is 15.1 Å². The quantitative estimate of drug-likeness (QED) is 0.551. The van der Waals surface area contributed by atoms with Crippen LogP contribution in [0.4, 0.5) is 0 Å². The van der Waals surface area contributed by atoms with Crippen molar-refractivity contribution in [3.63, 3.8) is 0 Å². The molecule has 4 heterocycles. The lowest BCUT2D eigenvalue weighted by Crippen LogP contribution is -2.25. The second-order valence-electron chi connectivity index (χ2n) is 7.89. The van der Waals surface area contributed by atoms with Crippen molar-refractivity contribution in [3.05, 3.63) is 59.2 Å². The molecule has 1 unspecified atom stereocenters. The highest BCUT2D eigenvalue weighted by Gasteiger charge is 2.25. The van der Waals surface area contributed by atoms with Crippen LogP contribution in [0.25, 0.3) is 33.4 Å². The number of nitrogens with zero attached hydrogens (tertiary/aromatic N) is 6. The average Bonchev–Trinajstić information content (AvgIpc) is 3.53. The highest BCUT2D eigenvalue weighted by atomic mass is 16.3. The summed E-state index contributed by atoms with van der Waals surface area (Å²) in [6.45, 7) is 1.63. The van der Waals surface area contributed by atoms with Gasteiger partial charge in [0.2, 0.25) is 0 Å². The summed E-state index contributed by atoms with van der Waals surface area (Å²) in [4.78, 5) is 27.1. The van der Waals surface area contributed by atoms with E-state index in [9.17, 15) is 9.90 Å². The fraction of sp³-hybridized carbons (Fsp3) is 0.318. The summed E-state index contributed by atoms with van der Waals surface area (Å²) in [5.74, 6) is 0.575. The van der Waals surface area contributed by atoms with E-state index in [1.807, 2.05) is 31.6 Å². The molecule has 0 bridgehead atoms. The minimum absolute atomic E-state index is 0.146. The number of aliphatic hydroxyl groups is 1. The molecule has 0 radical (unpaired) electrons. The van der Waals surface area contributed by atoms with Gasteiger partial charge >= 0.3 is 0 Å². The number of hydrogen-bond acceptors (Lipinski definition) is 6. The fourth-order valence-electron chi connectivity index (χ4n) is 3.62. The zero-order valence-electron chi connectivity index (χ0n) is 16.9. The van der Waals surface area contributed by atoms with Gasteiger partial charge in [0.25, 0.3) is 5.56 Å². The van der Waals surface area contributed by atoms with Gasteiger partial charge in [-0.1, -0.05) is 0 Å². The maximum Gasteiger partial charge on any atom is 0.261 e. The van der Waals surface area contributed by atoms with Crippen LogP contribution in [-0.2, 0) is 7.05 Å². The van der Waals surface area contributed by atoms with Gasteiger partial charge in [0.1, 0.15) is 11.2 Å². The Balaban J connectivity index is 1.73. The van der Waals surface area contributed by atoms with Gasteiger partial charge in [-0.25, -0.2) is 9.97 Å². The van der Waals surface area contributed by atoms with Gasteiger partial charge in [0, 0.05) is 42.2 Å². The first-order chi connectivity index (χ1) is 14.5. The molecule has 1 N–H and O–H groups in total. The maximum atomic E-state index is 13.2. The lowest BCUT2D eigenvalue weighted by molar-refractivity contribution is 0.236.